The molecule has 1 amide bonds. The second-order valence-electron chi connectivity index (χ2n) is 4.52. The highest BCUT2D eigenvalue weighted by molar-refractivity contribution is 5.82. The van der Waals surface area contributed by atoms with Crippen LogP contribution in [-0.2, 0) is 14.3 Å². The van der Waals surface area contributed by atoms with Crippen molar-refractivity contribution in [2.45, 2.75) is 26.2 Å². The lowest BCUT2D eigenvalue weighted by molar-refractivity contribution is -0.153. The van der Waals surface area contributed by atoms with Gasteiger partial charge in [-0.3, -0.25) is 9.59 Å². The van der Waals surface area contributed by atoms with Crippen LogP contribution in [0, 0.1) is 11.8 Å². The molecule has 0 bridgehead atoms. The molecule has 2 fully saturated rings. The first-order chi connectivity index (χ1) is 7.18. The summed E-state index contributed by atoms with van der Waals surface area (Å²) in [5.74, 6) is 0.250. The smallest absolute Gasteiger partial charge is 0.309 e. The highest BCUT2D eigenvalue weighted by Gasteiger charge is 2.40. The quantitative estimate of drug-likeness (QED) is 0.649. The molecule has 0 spiro atoms. The van der Waals surface area contributed by atoms with E-state index in [4.69, 9.17) is 4.74 Å². The van der Waals surface area contributed by atoms with Crippen LogP contribution in [-0.4, -0.2) is 36.5 Å². The van der Waals surface area contributed by atoms with E-state index >= 15 is 0 Å². The van der Waals surface area contributed by atoms with Gasteiger partial charge in [-0.15, -0.1) is 0 Å². The summed E-state index contributed by atoms with van der Waals surface area (Å²) in [5, 5.41) is 0. The Morgan fingerprint density at radius 2 is 1.93 bits per heavy atom. The van der Waals surface area contributed by atoms with Crippen molar-refractivity contribution in [3.8, 4) is 0 Å². The summed E-state index contributed by atoms with van der Waals surface area (Å²) in [4.78, 5) is 24.6. The molecule has 2 atom stereocenters. The van der Waals surface area contributed by atoms with Crippen molar-refractivity contribution < 1.29 is 14.3 Å². The number of amides is 1. The molecule has 15 heavy (non-hydrogen) atoms. The summed E-state index contributed by atoms with van der Waals surface area (Å²) < 4.78 is 4.98. The second-order valence-corrected chi connectivity index (χ2v) is 4.52. The Balaban J connectivity index is 1.68. The van der Waals surface area contributed by atoms with Crippen molar-refractivity contribution in [1.82, 2.24) is 4.90 Å². The third-order valence-corrected chi connectivity index (χ3v) is 3.21. The number of carbonyl (C=O) groups excluding carboxylic acids is 2. The molecule has 1 saturated heterocycles. The molecular weight excluding hydrogens is 194 g/mol. The first-order valence-electron chi connectivity index (χ1n) is 5.63. The van der Waals surface area contributed by atoms with E-state index in [-0.39, 0.29) is 24.4 Å². The van der Waals surface area contributed by atoms with Gasteiger partial charge >= 0.3 is 5.97 Å². The molecule has 4 nitrogen and oxygen atoms in total. The Labute approximate surface area is 89.6 Å². The number of carbonyl (C=O) groups is 2. The number of esters is 1. The van der Waals surface area contributed by atoms with E-state index in [2.05, 4.69) is 0 Å². The van der Waals surface area contributed by atoms with Gasteiger partial charge in [0.1, 0.15) is 0 Å². The van der Waals surface area contributed by atoms with Crippen molar-refractivity contribution >= 4 is 11.9 Å². The van der Waals surface area contributed by atoms with Gasteiger partial charge in [0.25, 0.3) is 5.91 Å². The first-order valence-corrected chi connectivity index (χ1v) is 5.63. The maximum atomic E-state index is 11.5. The van der Waals surface area contributed by atoms with E-state index in [1.807, 2.05) is 6.92 Å². The fraction of sp³-hybridized carbons (Fsp3) is 0.818. The van der Waals surface area contributed by atoms with Gasteiger partial charge in [-0.2, -0.15) is 0 Å². The molecule has 2 aliphatic rings. The Kier molecular flexibility index (Phi) is 2.93. The number of hydrogen-bond donors (Lipinski definition) is 0. The molecule has 84 valence electrons. The normalized spacial score (nSPS) is 29.0. The van der Waals surface area contributed by atoms with Crippen LogP contribution in [0.1, 0.15) is 26.2 Å². The molecule has 0 aromatic carbocycles. The summed E-state index contributed by atoms with van der Waals surface area (Å²) in [6.07, 6.45) is 3.05. The van der Waals surface area contributed by atoms with E-state index in [0.717, 1.165) is 32.4 Å². The van der Waals surface area contributed by atoms with Crippen LogP contribution in [0.3, 0.4) is 0 Å². The molecule has 2 unspecified atom stereocenters. The maximum absolute atomic E-state index is 11.5. The predicted molar refractivity (Wildman–Crippen MR) is 54.0 cm³/mol. The van der Waals surface area contributed by atoms with Crippen LogP contribution in [0.5, 0.6) is 0 Å². The van der Waals surface area contributed by atoms with Crippen molar-refractivity contribution in [1.29, 1.82) is 0 Å². The van der Waals surface area contributed by atoms with E-state index in [1.54, 1.807) is 4.90 Å². The van der Waals surface area contributed by atoms with Crippen LogP contribution in [0.4, 0.5) is 0 Å². The Hall–Kier alpha value is -1.06. The van der Waals surface area contributed by atoms with E-state index in [9.17, 15) is 9.59 Å². The number of hydrogen-bond acceptors (Lipinski definition) is 3. The molecule has 0 radical (unpaired) electrons. The first kappa shape index (κ1) is 10.5. The van der Waals surface area contributed by atoms with Crippen LogP contribution >= 0.6 is 0 Å². The minimum atomic E-state index is -0.199. The average Bonchev–Trinajstić information content (AvgIpc) is 2.75. The van der Waals surface area contributed by atoms with Gasteiger partial charge in [0.05, 0.1) is 5.92 Å². The van der Waals surface area contributed by atoms with Crippen LogP contribution in [0.25, 0.3) is 0 Å². The maximum Gasteiger partial charge on any atom is 0.309 e. The van der Waals surface area contributed by atoms with Crippen molar-refractivity contribution in [3.05, 3.63) is 0 Å². The summed E-state index contributed by atoms with van der Waals surface area (Å²) >= 11 is 0. The van der Waals surface area contributed by atoms with Crippen molar-refractivity contribution in [2.24, 2.45) is 11.8 Å². The lowest BCUT2D eigenvalue weighted by Gasteiger charge is -2.14. The Morgan fingerprint density at radius 1 is 1.33 bits per heavy atom. The van der Waals surface area contributed by atoms with Gasteiger partial charge in [-0.25, -0.2) is 0 Å². The lowest BCUT2D eigenvalue weighted by atomic mass is 10.3. The number of likely N-dealkylation sites (tertiary alicyclic amines) is 1. The lowest BCUT2D eigenvalue weighted by Crippen LogP contribution is -2.32. The molecule has 1 saturated carbocycles. The fourth-order valence-electron chi connectivity index (χ4n) is 1.95. The zero-order valence-corrected chi connectivity index (χ0v) is 9.07. The van der Waals surface area contributed by atoms with E-state index in [0.29, 0.717) is 5.92 Å². The molecule has 0 aromatic rings. The number of rotatable bonds is 3. The van der Waals surface area contributed by atoms with E-state index < -0.39 is 0 Å². The summed E-state index contributed by atoms with van der Waals surface area (Å²) in [5.41, 5.74) is 0. The Bertz CT molecular complexity index is 271. The molecular formula is C11H17NO3. The standard InChI is InChI=1S/C11H17NO3/c1-8-6-9(8)11(14)15-7-10(13)12-4-2-3-5-12/h8-9H,2-7H2,1H3. The summed E-state index contributed by atoms with van der Waals surface area (Å²) in [6.45, 7) is 3.59. The fourth-order valence-corrected chi connectivity index (χ4v) is 1.95. The van der Waals surface area contributed by atoms with E-state index in [1.165, 1.54) is 0 Å². The summed E-state index contributed by atoms with van der Waals surface area (Å²) in [7, 11) is 0. The topological polar surface area (TPSA) is 46.6 Å². The minimum Gasteiger partial charge on any atom is -0.455 e. The predicted octanol–water partition coefficient (Wildman–Crippen LogP) is 0.808. The molecule has 2 rings (SSSR count). The van der Waals surface area contributed by atoms with Crippen LogP contribution in [0.2, 0.25) is 0 Å². The molecule has 1 heterocycles. The monoisotopic (exact) mass is 211 g/mol. The third kappa shape index (κ3) is 2.49. The minimum absolute atomic E-state index is 0.0471. The third-order valence-electron chi connectivity index (χ3n) is 3.21. The van der Waals surface area contributed by atoms with Crippen LogP contribution in [0.15, 0.2) is 0 Å². The molecule has 1 aliphatic heterocycles. The molecule has 0 N–H and O–H groups in total. The average molecular weight is 211 g/mol. The van der Waals surface area contributed by atoms with Gasteiger partial charge in [0.2, 0.25) is 0 Å². The largest absolute Gasteiger partial charge is 0.455 e. The highest BCUT2D eigenvalue weighted by Crippen LogP contribution is 2.38. The molecule has 1 aliphatic carbocycles. The molecule has 0 aromatic heterocycles. The second kappa shape index (κ2) is 4.21. The number of ether oxygens (including phenoxy) is 1. The van der Waals surface area contributed by atoms with Crippen molar-refractivity contribution in [3.63, 3.8) is 0 Å². The van der Waals surface area contributed by atoms with Gasteiger partial charge in [0, 0.05) is 13.1 Å². The van der Waals surface area contributed by atoms with Crippen LogP contribution < -0.4 is 0 Å². The zero-order chi connectivity index (χ0) is 10.8. The van der Waals surface area contributed by atoms with Gasteiger partial charge < -0.3 is 9.64 Å². The van der Waals surface area contributed by atoms with Gasteiger partial charge in [-0.05, 0) is 25.2 Å². The molecule has 4 heteroatoms. The van der Waals surface area contributed by atoms with Crippen molar-refractivity contribution in [2.75, 3.05) is 19.7 Å². The summed E-state index contributed by atoms with van der Waals surface area (Å²) in [6, 6.07) is 0. The number of nitrogens with zero attached hydrogens (tertiary/aromatic N) is 1. The SMILES string of the molecule is CC1CC1C(=O)OCC(=O)N1CCCC1. The Morgan fingerprint density at radius 3 is 2.47 bits per heavy atom. The highest BCUT2D eigenvalue weighted by atomic mass is 16.5. The van der Waals surface area contributed by atoms with Gasteiger partial charge in [-0.1, -0.05) is 6.92 Å². The van der Waals surface area contributed by atoms with Gasteiger partial charge in [0.15, 0.2) is 6.61 Å². The zero-order valence-electron chi connectivity index (χ0n) is 9.07.